The van der Waals surface area contributed by atoms with Crippen LogP contribution in [0.4, 0.5) is 24.0 Å². The minimum absolute atomic E-state index is 0.125. The van der Waals surface area contributed by atoms with E-state index in [2.05, 4.69) is 25.6 Å². The van der Waals surface area contributed by atoms with Crippen LogP contribution in [0.15, 0.2) is 28.6 Å². The molecule has 0 radical (unpaired) electrons. The van der Waals surface area contributed by atoms with E-state index in [-0.39, 0.29) is 17.4 Å². The lowest BCUT2D eigenvalue weighted by atomic mass is 10.3. The average Bonchev–Trinajstić information content (AvgIpc) is 2.93. The molecule has 0 fully saturated rings. The molecule has 2 rings (SSSR count). The van der Waals surface area contributed by atoms with Crippen LogP contribution < -0.4 is 15.4 Å². The maximum atomic E-state index is 12.1. The number of halogens is 3. The molecule has 0 saturated carbocycles. The monoisotopic (exact) mass is 364 g/mol. The second-order valence-electron chi connectivity index (χ2n) is 4.03. The van der Waals surface area contributed by atoms with Gasteiger partial charge in [0.25, 0.3) is 0 Å². The first-order chi connectivity index (χ1) is 10.9. The lowest BCUT2D eigenvalue weighted by Gasteiger charge is -2.09. The number of carbonyl (C=O) groups is 1. The molecule has 1 aromatic carbocycles. The largest absolute Gasteiger partial charge is 0.573 e. The van der Waals surface area contributed by atoms with Crippen molar-refractivity contribution in [2.45, 2.75) is 10.7 Å². The third-order valence-corrected chi connectivity index (χ3v) is 4.32. The molecule has 0 spiro atoms. The number of anilines is 2. The van der Waals surface area contributed by atoms with Gasteiger partial charge < -0.3 is 15.4 Å². The molecule has 0 atom stereocenters. The van der Waals surface area contributed by atoms with Crippen LogP contribution in [0.3, 0.4) is 0 Å². The maximum absolute atomic E-state index is 12.1. The molecule has 1 amide bonds. The molecular formula is C12H11F3N4O2S2. The maximum Gasteiger partial charge on any atom is 0.573 e. The lowest BCUT2D eigenvalue weighted by molar-refractivity contribution is -0.274. The summed E-state index contributed by atoms with van der Waals surface area (Å²) in [6, 6.07) is 5.25. The van der Waals surface area contributed by atoms with E-state index in [4.69, 9.17) is 0 Å². The molecule has 2 N–H and O–H groups in total. The third-order valence-electron chi connectivity index (χ3n) is 2.35. The van der Waals surface area contributed by atoms with Crippen molar-refractivity contribution in [1.82, 2.24) is 15.5 Å². The van der Waals surface area contributed by atoms with Gasteiger partial charge in [-0.25, -0.2) is 0 Å². The summed E-state index contributed by atoms with van der Waals surface area (Å²) in [6.45, 7) is 0. The average molecular weight is 364 g/mol. The van der Waals surface area contributed by atoms with E-state index in [0.29, 0.717) is 15.2 Å². The summed E-state index contributed by atoms with van der Waals surface area (Å²) in [4.78, 5) is 11.1. The minimum atomic E-state index is -4.72. The number of rotatable bonds is 6. The second-order valence-corrected chi connectivity index (χ2v) is 6.23. The van der Waals surface area contributed by atoms with Crippen molar-refractivity contribution in [2.75, 3.05) is 18.1 Å². The Morgan fingerprint density at radius 3 is 2.61 bits per heavy atom. The Kier molecular flexibility index (Phi) is 5.66. The van der Waals surface area contributed by atoms with Crippen LogP contribution in [0.2, 0.25) is 0 Å². The molecule has 124 valence electrons. The Bertz CT molecular complexity index is 661. The highest BCUT2D eigenvalue weighted by atomic mass is 32.2. The fraction of sp³-hybridized carbons (Fsp3) is 0.250. The number of nitrogens with one attached hydrogen (secondary N) is 2. The minimum Gasteiger partial charge on any atom is -0.406 e. The number of alkyl halides is 3. The summed E-state index contributed by atoms with van der Waals surface area (Å²) < 4.78 is 40.6. The van der Waals surface area contributed by atoms with Crippen LogP contribution in [0.1, 0.15) is 0 Å². The number of hydrogen-bond acceptors (Lipinski definition) is 7. The zero-order valence-corrected chi connectivity index (χ0v) is 13.3. The van der Waals surface area contributed by atoms with Crippen LogP contribution in [0.25, 0.3) is 0 Å². The molecule has 0 unspecified atom stereocenters. The highest BCUT2D eigenvalue weighted by Crippen LogP contribution is 2.29. The van der Waals surface area contributed by atoms with E-state index < -0.39 is 6.36 Å². The zero-order valence-electron chi connectivity index (χ0n) is 11.7. The molecule has 1 heterocycles. The molecule has 6 nitrogen and oxygen atoms in total. The number of aromatic nitrogens is 2. The van der Waals surface area contributed by atoms with Crippen molar-refractivity contribution < 1.29 is 22.7 Å². The van der Waals surface area contributed by atoms with Gasteiger partial charge >= 0.3 is 6.36 Å². The van der Waals surface area contributed by atoms with Crippen molar-refractivity contribution in [3.05, 3.63) is 24.3 Å². The number of nitrogens with zero attached hydrogens (tertiary/aromatic N) is 2. The van der Waals surface area contributed by atoms with Crippen LogP contribution in [-0.4, -0.2) is 35.3 Å². The van der Waals surface area contributed by atoms with Crippen molar-refractivity contribution in [3.63, 3.8) is 0 Å². The number of ether oxygens (including phenoxy) is 1. The van der Waals surface area contributed by atoms with Crippen molar-refractivity contribution in [1.29, 1.82) is 0 Å². The van der Waals surface area contributed by atoms with E-state index in [9.17, 15) is 18.0 Å². The SMILES string of the molecule is CNC(=O)CSc1nnc(Nc2ccc(OC(F)(F)F)cc2)s1. The van der Waals surface area contributed by atoms with E-state index in [0.717, 1.165) is 0 Å². The van der Waals surface area contributed by atoms with Crippen LogP contribution in [0.5, 0.6) is 5.75 Å². The summed E-state index contributed by atoms with van der Waals surface area (Å²) in [5, 5.41) is 13.7. The smallest absolute Gasteiger partial charge is 0.406 e. The van der Waals surface area contributed by atoms with E-state index in [1.54, 1.807) is 7.05 Å². The van der Waals surface area contributed by atoms with Crippen LogP contribution >= 0.6 is 23.1 Å². The zero-order chi connectivity index (χ0) is 16.9. The molecule has 0 aliphatic rings. The summed E-state index contributed by atoms with van der Waals surface area (Å²) in [5.74, 6) is -0.198. The van der Waals surface area contributed by atoms with Gasteiger partial charge in [0.1, 0.15) is 5.75 Å². The van der Waals surface area contributed by atoms with E-state index in [1.807, 2.05) is 0 Å². The summed E-state index contributed by atoms with van der Waals surface area (Å²) in [6.07, 6.45) is -4.72. The van der Waals surface area contributed by atoms with Gasteiger partial charge in [-0.2, -0.15) is 0 Å². The Morgan fingerprint density at radius 2 is 2.00 bits per heavy atom. The highest BCUT2D eigenvalue weighted by molar-refractivity contribution is 8.01. The van der Waals surface area contributed by atoms with Crippen LogP contribution in [-0.2, 0) is 4.79 Å². The van der Waals surface area contributed by atoms with Gasteiger partial charge in [0.15, 0.2) is 4.34 Å². The van der Waals surface area contributed by atoms with Gasteiger partial charge in [-0.05, 0) is 24.3 Å². The van der Waals surface area contributed by atoms with Gasteiger partial charge in [-0.3, -0.25) is 4.79 Å². The summed E-state index contributed by atoms with van der Waals surface area (Å²) in [5.41, 5.74) is 0.540. The van der Waals surface area contributed by atoms with Gasteiger partial charge in [0.2, 0.25) is 11.0 Å². The first-order valence-electron chi connectivity index (χ1n) is 6.15. The van der Waals surface area contributed by atoms with Gasteiger partial charge in [0, 0.05) is 12.7 Å². The molecule has 0 saturated heterocycles. The number of benzene rings is 1. The molecule has 0 aliphatic heterocycles. The highest BCUT2D eigenvalue weighted by Gasteiger charge is 2.30. The topological polar surface area (TPSA) is 76.1 Å². The molecule has 2 aromatic rings. The van der Waals surface area contributed by atoms with Gasteiger partial charge in [0.05, 0.1) is 5.75 Å². The number of hydrogen-bond donors (Lipinski definition) is 2. The fourth-order valence-corrected chi connectivity index (χ4v) is 3.03. The number of carbonyl (C=O) groups excluding carboxylic acids is 1. The lowest BCUT2D eigenvalue weighted by Crippen LogP contribution is -2.19. The number of amides is 1. The van der Waals surface area contributed by atoms with Crippen LogP contribution in [0, 0.1) is 0 Å². The predicted octanol–water partition coefficient (Wildman–Crippen LogP) is 3.02. The van der Waals surface area contributed by atoms with E-state index >= 15 is 0 Å². The Labute approximate surface area is 137 Å². The molecule has 1 aromatic heterocycles. The Morgan fingerprint density at radius 1 is 1.30 bits per heavy atom. The van der Waals surface area contributed by atoms with Crippen molar-refractivity contribution in [3.8, 4) is 5.75 Å². The molecule has 0 aliphatic carbocycles. The predicted molar refractivity (Wildman–Crippen MR) is 81.1 cm³/mol. The normalized spacial score (nSPS) is 11.1. The third kappa shape index (κ3) is 5.94. The summed E-state index contributed by atoms with van der Waals surface area (Å²) in [7, 11) is 1.54. The second kappa shape index (κ2) is 7.51. The first-order valence-corrected chi connectivity index (χ1v) is 7.95. The quantitative estimate of drug-likeness (QED) is 0.768. The Hall–Kier alpha value is -2.01. The van der Waals surface area contributed by atoms with Gasteiger partial charge in [-0.15, -0.1) is 23.4 Å². The van der Waals surface area contributed by atoms with Crippen molar-refractivity contribution >= 4 is 39.8 Å². The molecule has 23 heavy (non-hydrogen) atoms. The molecule has 0 bridgehead atoms. The number of thioether (sulfide) groups is 1. The first kappa shape index (κ1) is 17.3. The van der Waals surface area contributed by atoms with E-state index in [1.165, 1.54) is 47.4 Å². The molecule has 11 heteroatoms. The summed E-state index contributed by atoms with van der Waals surface area (Å²) >= 11 is 2.47. The van der Waals surface area contributed by atoms with Crippen molar-refractivity contribution in [2.24, 2.45) is 0 Å². The molecular weight excluding hydrogens is 353 g/mol. The Balaban J connectivity index is 1.92. The standard InChI is InChI=1S/C12H11F3N4O2S2/c1-16-9(20)6-22-11-19-18-10(23-11)17-7-2-4-8(5-3-7)21-12(13,14)15/h2-5H,6H2,1H3,(H,16,20)(H,17,18). The van der Waals surface area contributed by atoms with Gasteiger partial charge in [-0.1, -0.05) is 23.1 Å². The fourth-order valence-electron chi connectivity index (χ4n) is 1.38.